The van der Waals surface area contributed by atoms with E-state index in [-0.39, 0.29) is 0 Å². The van der Waals surface area contributed by atoms with Gasteiger partial charge in [0.2, 0.25) is 0 Å². The average Bonchev–Trinajstić information content (AvgIpc) is 2.65. The van der Waals surface area contributed by atoms with Crippen LogP contribution in [0, 0.1) is 5.92 Å². The molecule has 0 saturated heterocycles. The first-order chi connectivity index (χ1) is 7.29. The second-order valence-corrected chi connectivity index (χ2v) is 4.00. The summed E-state index contributed by atoms with van der Waals surface area (Å²) < 4.78 is 0. The molecule has 0 aromatic carbocycles. The Morgan fingerprint density at radius 3 is 3.07 bits per heavy atom. The van der Waals surface area contributed by atoms with E-state index in [1.54, 1.807) is 0 Å². The third-order valence-electron chi connectivity index (χ3n) is 2.65. The fourth-order valence-corrected chi connectivity index (χ4v) is 1.90. The Bertz CT molecular complexity index is 327. The van der Waals surface area contributed by atoms with Gasteiger partial charge in [0.15, 0.2) is 5.82 Å². The Balaban J connectivity index is 2.12. The second-order valence-electron chi connectivity index (χ2n) is 4.00. The first-order valence-electron chi connectivity index (χ1n) is 5.42. The fourth-order valence-electron chi connectivity index (χ4n) is 1.90. The van der Waals surface area contributed by atoms with Crippen LogP contribution in [-0.2, 0) is 0 Å². The lowest BCUT2D eigenvalue weighted by atomic mass is 9.96. The molecule has 1 aliphatic carbocycles. The molecule has 0 radical (unpaired) electrons. The van der Waals surface area contributed by atoms with Gasteiger partial charge in [0.25, 0.3) is 0 Å². The molecule has 82 valence electrons. The number of hydrogen-bond donors (Lipinski definition) is 3. The Hall–Kier alpha value is -1.45. The molecule has 2 aliphatic rings. The largest absolute Gasteiger partial charge is 0.372 e. The van der Waals surface area contributed by atoms with Crippen molar-refractivity contribution in [1.29, 1.82) is 0 Å². The molecule has 1 heterocycles. The van der Waals surface area contributed by atoms with Gasteiger partial charge in [-0.2, -0.15) is 0 Å². The Labute approximate surface area is 90.5 Å². The molecular weight excluding hydrogens is 188 g/mol. The molecule has 0 spiro atoms. The quantitative estimate of drug-likeness (QED) is 0.589. The van der Waals surface area contributed by atoms with Crippen molar-refractivity contribution >= 4 is 5.71 Å². The van der Waals surface area contributed by atoms with Gasteiger partial charge < -0.3 is 16.0 Å². The lowest BCUT2D eigenvalue weighted by Gasteiger charge is -2.14. The standard InChI is InChI=1S/C11H18N4/c1-8-4-3-5-9(6-8)15-11-10(12-2)13-7-14-11/h3-4,8,12-14H,5-7H2,1-2H3/b15-9+/t8-/m0/s1. The molecule has 0 fully saturated rings. The van der Waals surface area contributed by atoms with Gasteiger partial charge in [-0.25, -0.2) is 4.99 Å². The molecule has 4 heteroatoms. The van der Waals surface area contributed by atoms with Crippen molar-refractivity contribution in [2.45, 2.75) is 19.8 Å². The number of nitrogens with zero attached hydrogens (tertiary/aromatic N) is 1. The molecule has 0 bridgehead atoms. The van der Waals surface area contributed by atoms with E-state index in [4.69, 9.17) is 0 Å². The van der Waals surface area contributed by atoms with E-state index >= 15 is 0 Å². The molecule has 1 atom stereocenters. The third kappa shape index (κ3) is 2.32. The molecule has 0 aromatic rings. The fraction of sp³-hybridized carbons (Fsp3) is 0.545. The zero-order valence-electron chi connectivity index (χ0n) is 9.30. The van der Waals surface area contributed by atoms with Crippen molar-refractivity contribution in [2.75, 3.05) is 13.7 Å². The van der Waals surface area contributed by atoms with Crippen LogP contribution in [0.3, 0.4) is 0 Å². The first kappa shape index (κ1) is 10.1. The van der Waals surface area contributed by atoms with E-state index in [1.807, 2.05) is 7.05 Å². The van der Waals surface area contributed by atoms with Crippen LogP contribution in [0.25, 0.3) is 0 Å². The maximum Gasteiger partial charge on any atom is 0.168 e. The highest BCUT2D eigenvalue weighted by Gasteiger charge is 2.14. The van der Waals surface area contributed by atoms with Crippen molar-refractivity contribution in [1.82, 2.24) is 16.0 Å². The minimum Gasteiger partial charge on any atom is -0.372 e. The van der Waals surface area contributed by atoms with Gasteiger partial charge in [0, 0.05) is 19.2 Å². The summed E-state index contributed by atoms with van der Waals surface area (Å²) in [6.07, 6.45) is 6.51. The predicted octanol–water partition coefficient (Wildman–Crippen LogP) is 0.910. The number of hydrogen-bond acceptors (Lipinski definition) is 4. The van der Waals surface area contributed by atoms with Crippen LogP contribution < -0.4 is 16.0 Å². The third-order valence-corrected chi connectivity index (χ3v) is 2.65. The van der Waals surface area contributed by atoms with E-state index in [1.165, 1.54) is 5.71 Å². The minimum atomic E-state index is 0.616. The van der Waals surface area contributed by atoms with Crippen molar-refractivity contribution in [3.05, 3.63) is 23.8 Å². The summed E-state index contributed by atoms with van der Waals surface area (Å²) in [5, 5.41) is 9.50. The molecule has 15 heavy (non-hydrogen) atoms. The highest BCUT2D eigenvalue weighted by Crippen LogP contribution is 2.16. The van der Waals surface area contributed by atoms with Crippen molar-refractivity contribution < 1.29 is 0 Å². The molecule has 2 rings (SSSR count). The number of aliphatic imine (C=N–C) groups is 1. The van der Waals surface area contributed by atoms with Gasteiger partial charge in [-0.05, 0) is 12.3 Å². The van der Waals surface area contributed by atoms with Crippen LogP contribution in [0.5, 0.6) is 0 Å². The molecule has 0 amide bonds. The van der Waals surface area contributed by atoms with E-state index in [9.17, 15) is 0 Å². The maximum atomic E-state index is 4.65. The molecule has 1 aliphatic heterocycles. The number of rotatable bonds is 2. The van der Waals surface area contributed by atoms with Crippen molar-refractivity contribution in [3.8, 4) is 0 Å². The van der Waals surface area contributed by atoms with Crippen molar-refractivity contribution in [2.24, 2.45) is 10.9 Å². The Morgan fingerprint density at radius 2 is 2.33 bits per heavy atom. The van der Waals surface area contributed by atoms with Crippen LogP contribution in [0.15, 0.2) is 28.8 Å². The molecule has 0 aromatic heterocycles. The summed E-state index contributed by atoms with van der Waals surface area (Å²) in [6, 6.07) is 0. The van der Waals surface area contributed by atoms with Gasteiger partial charge in [0.1, 0.15) is 5.82 Å². The second kappa shape index (κ2) is 4.38. The molecule has 3 N–H and O–H groups in total. The zero-order valence-corrected chi connectivity index (χ0v) is 9.30. The molecular formula is C11H18N4. The summed E-state index contributed by atoms with van der Waals surface area (Å²) in [7, 11) is 1.90. The minimum absolute atomic E-state index is 0.616. The van der Waals surface area contributed by atoms with Crippen LogP contribution in [0.4, 0.5) is 0 Å². The van der Waals surface area contributed by atoms with Crippen LogP contribution in [0.1, 0.15) is 19.8 Å². The van der Waals surface area contributed by atoms with Gasteiger partial charge in [0.05, 0.1) is 6.67 Å². The van der Waals surface area contributed by atoms with E-state index in [0.717, 1.165) is 31.2 Å². The van der Waals surface area contributed by atoms with Gasteiger partial charge in [-0.15, -0.1) is 0 Å². The smallest absolute Gasteiger partial charge is 0.168 e. The van der Waals surface area contributed by atoms with Gasteiger partial charge in [-0.1, -0.05) is 19.1 Å². The average molecular weight is 206 g/mol. The summed E-state index contributed by atoms with van der Waals surface area (Å²) >= 11 is 0. The summed E-state index contributed by atoms with van der Waals surface area (Å²) in [5.41, 5.74) is 1.25. The summed E-state index contributed by atoms with van der Waals surface area (Å²) in [5.74, 6) is 2.55. The highest BCUT2D eigenvalue weighted by molar-refractivity contribution is 5.88. The number of nitrogens with one attached hydrogen (secondary N) is 3. The topological polar surface area (TPSA) is 48.5 Å². The number of allylic oxidation sites excluding steroid dienone is 2. The lowest BCUT2D eigenvalue weighted by molar-refractivity contribution is 0.740. The zero-order chi connectivity index (χ0) is 10.7. The molecule has 0 saturated carbocycles. The summed E-state index contributed by atoms with van der Waals surface area (Å²) in [4.78, 5) is 4.65. The first-order valence-corrected chi connectivity index (χ1v) is 5.42. The van der Waals surface area contributed by atoms with Crippen LogP contribution >= 0.6 is 0 Å². The van der Waals surface area contributed by atoms with E-state index in [2.05, 4.69) is 40.0 Å². The normalized spacial score (nSPS) is 27.9. The Morgan fingerprint density at radius 1 is 1.47 bits per heavy atom. The van der Waals surface area contributed by atoms with Crippen molar-refractivity contribution in [3.63, 3.8) is 0 Å². The van der Waals surface area contributed by atoms with Gasteiger partial charge >= 0.3 is 0 Å². The van der Waals surface area contributed by atoms with E-state index in [0.29, 0.717) is 5.92 Å². The van der Waals surface area contributed by atoms with E-state index < -0.39 is 0 Å². The van der Waals surface area contributed by atoms with Crippen LogP contribution in [0.2, 0.25) is 0 Å². The van der Waals surface area contributed by atoms with Crippen LogP contribution in [-0.4, -0.2) is 19.4 Å². The molecule has 4 nitrogen and oxygen atoms in total. The molecule has 0 unspecified atom stereocenters. The Kier molecular flexibility index (Phi) is 2.94. The predicted molar refractivity (Wildman–Crippen MR) is 62.2 cm³/mol. The SMILES string of the molecule is CNC1=C(/N=C2\CC=C[C@H](C)C2)NCN1. The summed E-state index contributed by atoms with van der Waals surface area (Å²) in [6.45, 7) is 2.98. The lowest BCUT2D eigenvalue weighted by Crippen LogP contribution is -2.20. The monoisotopic (exact) mass is 206 g/mol. The van der Waals surface area contributed by atoms with Gasteiger partial charge in [-0.3, -0.25) is 0 Å². The highest BCUT2D eigenvalue weighted by atomic mass is 15.3. The maximum absolute atomic E-state index is 4.65.